The molecule has 0 spiro atoms. The van der Waals surface area contributed by atoms with E-state index in [2.05, 4.69) is 38.1 Å². The van der Waals surface area contributed by atoms with Crippen LogP contribution in [0.4, 0.5) is 0 Å². The van der Waals surface area contributed by atoms with Gasteiger partial charge in [-0.2, -0.15) is 0 Å². The maximum Gasteiger partial charge on any atom is -0.0146 e. The first-order valence-corrected chi connectivity index (χ1v) is 6.35. The number of rotatable bonds is 7. The number of benzene rings is 1. The molecule has 1 aromatic rings. The SMILES string of the molecule is CCCCCC(CCC)c1[c]cccc1. The van der Waals surface area contributed by atoms with Crippen molar-refractivity contribution in [3.8, 4) is 0 Å². The van der Waals surface area contributed by atoms with Gasteiger partial charge in [-0.25, -0.2) is 0 Å². The molecule has 0 aliphatic carbocycles. The van der Waals surface area contributed by atoms with E-state index in [-0.39, 0.29) is 0 Å². The van der Waals surface area contributed by atoms with Gasteiger partial charge in [-0.05, 0) is 30.4 Å². The summed E-state index contributed by atoms with van der Waals surface area (Å²) in [4.78, 5) is 0. The Kier molecular flexibility index (Phi) is 6.15. The fourth-order valence-corrected chi connectivity index (χ4v) is 2.11. The van der Waals surface area contributed by atoms with Crippen LogP contribution in [-0.2, 0) is 0 Å². The molecule has 1 atom stereocenters. The van der Waals surface area contributed by atoms with Crippen molar-refractivity contribution in [3.63, 3.8) is 0 Å². The Morgan fingerprint density at radius 3 is 2.53 bits per heavy atom. The van der Waals surface area contributed by atoms with E-state index in [0.29, 0.717) is 0 Å². The minimum atomic E-state index is 0.739. The summed E-state index contributed by atoms with van der Waals surface area (Å²) in [5.41, 5.74) is 1.41. The Bertz CT molecular complexity index is 237. The smallest absolute Gasteiger partial charge is 0.0146 e. The van der Waals surface area contributed by atoms with Crippen LogP contribution in [0.25, 0.3) is 0 Å². The molecule has 15 heavy (non-hydrogen) atoms. The van der Waals surface area contributed by atoms with Crippen molar-refractivity contribution in [1.82, 2.24) is 0 Å². The average Bonchev–Trinajstić information content (AvgIpc) is 2.29. The Labute approximate surface area is 94.7 Å². The third kappa shape index (κ3) is 4.51. The van der Waals surface area contributed by atoms with Gasteiger partial charge in [0.05, 0.1) is 0 Å². The lowest BCUT2D eigenvalue weighted by Gasteiger charge is -2.15. The number of hydrogen-bond donors (Lipinski definition) is 0. The van der Waals surface area contributed by atoms with Crippen LogP contribution in [0.1, 0.15) is 63.9 Å². The molecular formula is C15H23. The van der Waals surface area contributed by atoms with Crippen LogP contribution in [0.2, 0.25) is 0 Å². The molecule has 0 aliphatic heterocycles. The lowest BCUT2D eigenvalue weighted by atomic mass is 9.89. The van der Waals surface area contributed by atoms with Crippen LogP contribution in [-0.4, -0.2) is 0 Å². The predicted octanol–water partition coefficient (Wildman–Crippen LogP) is 4.95. The molecule has 0 heteroatoms. The normalized spacial score (nSPS) is 12.7. The van der Waals surface area contributed by atoms with Gasteiger partial charge in [-0.1, -0.05) is 63.8 Å². The first-order chi connectivity index (χ1) is 7.38. The van der Waals surface area contributed by atoms with E-state index >= 15 is 0 Å². The highest BCUT2D eigenvalue weighted by molar-refractivity contribution is 5.17. The van der Waals surface area contributed by atoms with Crippen molar-refractivity contribution in [2.75, 3.05) is 0 Å². The van der Waals surface area contributed by atoms with Crippen molar-refractivity contribution in [3.05, 3.63) is 35.9 Å². The van der Waals surface area contributed by atoms with E-state index in [4.69, 9.17) is 0 Å². The van der Waals surface area contributed by atoms with Gasteiger partial charge >= 0.3 is 0 Å². The van der Waals surface area contributed by atoms with Gasteiger partial charge in [0, 0.05) is 0 Å². The van der Waals surface area contributed by atoms with Crippen molar-refractivity contribution >= 4 is 0 Å². The summed E-state index contributed by atoms with van der Waals surface area (Å²) < 4.78 is 0. The standard InChI is InChI=1S/C15H23/c1-3-5-7-11-14(10-4-2)15-12-8-6-9-13-15/h6,8-9,12,14H,3-5,7,10-11H2,1-2H3. The van der Waals surface area contributed by atoms with Crippen LogP contribution in [0, 0.1) is 6.07 Å². The lowest BCUT2D eigenvalue weighted by molar-refractivity contribution is 0.528. The van der Waals surface area contributed by atoms with Crippen LogP contribution < -0.4 is 0 Å². The Morgan fingerprint density at radius 2 is 1.93 bits per heavy atom. The molecule has 0 heterocycles. The van der Waals surface area contributed by atoms with Crippen LogP contribution >= 0.6 is 0 Å². The van der Waals surface area contributed by atoms with Crippen molar-refractivity contribution < 1.29 is 0 Å². The molecule has 1 rings (SSSR count). The highest BCUT2D eigenvalue weighted by Gasteiger charge is 2.09. The molecule has 0 saturated carbocycles. The van der Waals surface area contributed by atoms with Gasteiger partial charge in [-0.15, -0.1) is 0 Å². The zero-order valence-corrected chi connectivity index (χ0v) is 10.1. The topological polar surface area (TPSA) is 0 Å². The van der Waals surface area contributed by atoms with Crippen molar-refractivity contribution in [2.45, 2.75) is 58.3 Å². The second kappa shape index (κ2) is 7.50. The third-order valence-electron chi connectivity index (χ3n) is 2.97. The summed E-state index contributed by atoms with van der Waals surface area (Å²) in [6.07, 6.45) is 7.97. The van der Waals surface area contributed by atoms with Crippen LogP contribution in [0.3, 0.4) is 0 Å². The molecule has 0 aliphatic rings. The maximum absolute atomic E-state index is 3.38. The van der Waals surface area contributed by atoms with Gasteiger partial charge in [0.2, 0.25) is 0 Å². The van der Waals surface area contributed by atoms with Gasteiger partial charge in [0.25, 0.3) is 0 Å². The molecule has 83 valence electrons. The van der Waals surface area contributed by atoms with E-state index < -0.39 is 0 Å². The molecule has 1 unspecified atom stereocenters. The summed E-state index contributed by atoms with van der Waals surface area (Å²) in [5.74, 6) is 0.739. The molecular weight excluding hydrogens is 180 g/mol. The Morgan fingerprint density at radius 1 is 1.07 bits per heavy atom. The Balaban J connectivity index is 2.50. The molecule has 0 amide bonds. The van der Waals surface area contributed by atoms with E-state index in [1.165, 1.54) is 44.1 Å². The maximum atomic E-state index is 3.38. The molecule has 0 fully saturated rings. The largest absolute Gasteiger partial charge is 0.0654 e. The monoisotopic (exact) mass is 203 g/mol. The summed E-state index contributed by atoms with van der Waals surface area (Å²) >= 11 is 0. The minimum Gasteiger partial charge on any atom is -0.0654 e. The second-order valence-corrected chi connectivity index (χ2v) is 4.30. The third-order valence-corrected chi connectivity index (χ3v) is 2.97. The molecule has 1 aromatic carbocycles. The van der Waals surface area contributed by atoms with Gasteiger partial charge in [-0.3, -0.25) is 0 Å². The van der Waals surface area contributed by atoms with E-state index in [9.17, 15) is 0 Å². The molecule has 0 N–H and O–H groups in total. The van der Waals surface area contributed by atoms with Crippen LogP contribution in [0.15, 0.2) is 24.3 Å². The summed E-state index contributed by atoms with van der Waals surface area (Å²) in [7, 11) is 0. The quantitative estimate of drug-likeness (QED) is 0.550. The zero-order chi connectivity index (χ0) is 10.9. The number of hydrogen-bond acceptors (Lipinski definition) is 0. The van der Waals surface area contributed by atoms with Crippen LogP contribution in [0.5, 0.6) is 0 Å². The predicted molar refractivity (Wildman–Crippen MR) is 67.1 cm³/mol. The summed E-state index contributed by atoms with van der Waals surface area (Å²) in [5, 5.41) is 0. The van der Waals surface area contributed by atoms with Crippen molar-refractivity contribution in [1.29, 1.82) is 0 Å². The molecule has 0 saturated heterocycles. The lowest BCUT2D eigenvalue weighted by Crippen LogP contribution is -1.98. The summed E-state index contributed by atoms with van der Waals surface area (Å²) in [6.45, 7) is 4.54. The average molecular weight is 203 g/mol. The van der Waals surface area contributed by atoms with Gasteiger partial charge < -0.3 is 0 Å². The molecule has 0 nitrogen and oxygen atoms in total. The zero-order valence-electron chi connectivity index (χ0n) is 10.1. The first-order valence-electron chi connectivity index (χ1n) is 6.35. The second-order valence-electron chi connectivity index (χ2n) is 4.30. The molecule has 0 aromatic heterocycles. The minimum absolute atomic E-state index is 0.739. The molecule has 1 radical (unpaired) electrons. The highest BCUT2D eigenvalue weighted by Crippen LogP contribution is 2.26. The van der Waals surface area contributed by atoms with E-state index in [0.717, 1.165) is 5.92 Å². The fraction of sp³-hybridized carbons (Fsp3) is 0.600. The van der Waals surface area contributed by atoms with Gasteiger partial charge in [0.15, 0.2) is 0 Å². The highest BCUT2D eigenvalue weighted by atomic mass is 14.1. The number of unbranched alkanes of at least 4 members (excludes halogenated alkanes) is 2. The van der Waals surface area contributed by atoms with E-state index in [1.54, 1.807) is 0 Å². The van der Waals surface area contributed by atoms with Gasteiger partial charge in [0.1, 0.15) is 0 Å². The van der Waals surface area contributed by atoms with Crippen molar-refractivity contribution in [2.24, 2.45) is 0 Å². The Hall–Kier alpha value is -0.780. The molecule has 0 bridgehead atoms. The first kappa shape index (κ1) is 12.3. The fourth-order valence-electron chi connectivity index (χ4n) is 2.11. The van der Waals surface area contributed by atoms with E-state index in [1.807, 2.05) is 6.07 Å². The summed E-state index contributed by atoms with van der Waals surface area (Å²) in [6, 6.07) is 11.8.